The second-order valence-electron chi connectivity index (χ2n) is 10.8. The predicted molar refractivity (Wildman–Crippen MR) is 154 cm³/mol. The van der Waals surface area contributed by atoms with Crippen molar-refractivity contribution in [3.63, 3.8) is 0 Å². The molecule has 1 aliphatic rings. The molecule has 1 aliphatic carbocycles. The first-order valence-corrected chi connectivity index (χ1v) is 15.9. The Balaban J connectivity index is 1.77. The predicted octanol–water partition coefficient (Wildman–Crippen LogP) is 5.82. The van der Waals surface area contributed by atoms with E-state index in [9.17, 15) is 31.2 Å². The molecule has 0 aliphatic heterocycles. The lowest BCUT2D eigenvalue weighted by Crippen LogP contribution is -2.51. The van der Waals surface area contributed by atoms with Gasteiger partial charge in [0.2, 0.25) is 21.8 Å². The fourth-order valence-corrected chi connectivity index (χ4v) is 6.15. The number of alkyl halides is 3. The molecule has 2 amide bonds. The first-order chi connectivity index (χ1) is 19.3. The fourth-order valence-electron chi connectivity index (χ4n) is 5.20. The summed E-state index contributed by atoms with van der Waals surface area (Å²) < 4.78 is 65.6. The highest BCUT2D eigenvalue weighted by atomic mass is 32.2. The Bertz CT molecular complexity index is 1280. The van der Waals surface area contributed by atoms with E-state index < -0.39 is 27.8 Å². The maximum Gasteiger partial charge on any atom is 0.416 e. The number of hydrogen-bond donors (Lipinski definition) is 1. The van der Waals surface area contributed by atoms with Crippen LogP contribution < -0.4 is 9.62 Å². The Morgan fingerprint density at radius 2 is 1.71 bits per heavy atom. The molecule has 7 nitrogen and oxygen atoms in total. The Labute approximate surface area is 241 Å². The third kappa shape index (κ3) is 9.48. The third-order valence-electron chi connectivity index (χ3n) is 7.42. The van der Waals surface area contributed by atoms with Gasteiger partial charge in [-0.15, -0.1) is 0 Å². The van der Waals surface area contributed by atoms with Crippen molar-refractivity contribution in [2.45, 2.75) is 90.0 Å². The number of carbonyl (C=O) groups is 2. The number of hydrogen-bond acceptors (Lipinski definition) is 4. The highest BCUT2D eigenvalue weighted by Crippen LogP contribution is 2.32. The zero-order chi connectivity index (χ0) is 30.2. The van der Waals surface area contributed by atoms with Crippen LogP contribution in [0.25, 0.3) is 0 Å². The standard InChI is InChI=1S/C30H40F3N3O4S/c1-4-27(29(38)34-25-11-6-5-7-12-25)35(21-23-17-15-22(2)16-18-23)28(37)14-9-19-36(41(3,39)40)26-13-8-10-24(20-26)30(31,32)33/h8,10,13,15-18,20,25,27H,4-7,9,11-12,14,19,21H2,1-3H3,(H,34,38)/t27-/m0/s1. The van der Waals surface area contributed by atoms with Crippen molar-refractivity contribution in [2.24, 2.45) is 0 Å². The van der Waals surface area contributed by atoms with Crippen LogP contribution in [0.15, 0.2) is 48.5 Å². The average Bonchev–Trinajstić information content (AvgIpc) is 2.91. The van der Waals surface area contributed by atoms with Crippen molar-refractivity contribution in [2.75, 3.05) is 17.1 Å². The van der Waals surface area contributed by atoms with Crippen molar-refractivity contribution < 1.29 is 31.2 Å². The number of benzene rings is 2. The van der Waals surface area contributed by atoms with E-state index in [1.165, 1.54) is 11.0 Å². The van der Waals surface area contributed by atoms with Gasteiger partial charge in [0, 0.05) is 25.6 Å². The molecule has 0 heterocycles. The number of aryl methyl sites for hydroxylation is 1. The van der Waals surface area contributed by atoms with Crippen molar-refractivity contribution >= 4 is 27.5 Å². The number of anilines is 1. The molecule has 226 valence electrons. The quantitative estimate of drug-likeness (QED) is 0.335. The van der Waals surface area contributed by atoms with Gasteiger partial charge in [-0.2, -0.15) is 13.2 Å². The molecule has 1 N–H and O–H groups in total. The molecule has 1 atom stereocenters. The van der Waals surface area contributed by atoms with E-state index in [2.05, 4.69) is 5.32 Å². The van der Waals surface area contributed by atoms with E-state index in [1.807, 2.05) is 38.1 Å². The summed E-state index contributed by atoms with van der Waals surface area (Å²) in [5.41, 5.74) is 0.835. The molecule has 0 bridgehead atoms. The molecule has 2 aromatic rings. The van der Waals surface area contributed by atoms with Gasteiger partial charge in [-0.25, -0.2) is 8.42 Å². The Morgan fingerprint density at radius 3 is 2.29 bits per heavy atom. The monoisotopic (exact) mass is 595 g/mol. The minimum absolute atomic E-state index is 0.0627. The van der Waals surface area contributed by atoms with Crippen LogP contribution in [-0.4, -0.2) is 50.0 Å². The number of halogens is 3. The van der Waals surface area contributed by atoms with Crippen LogP contribution in [0.2, 0.25) is 0 Å². The first-order valence-electron chi connectivity index (χ1n) is 14.1. The summed E-state index contributed by atoms with van der Waals surface area (Å²) in [4.78, 5) is 28.5. The summed E-state index contributed by atoms with van der Waals surface area (Å²) in [6.07, 6.45) is 1.74. The highest BCUT2D eigenvalue weighted by Gasteiger charge is 2.32. The van der Waals surface area contributed by atoms with Gasteiger partial charge in [0.25, 0.3) is 0 Å². The summed E-state index contributed by atoms with van der Waals surface area (Å²) >= 11 is 0. The molecule has 41 heavy (non-hydrogen) atoms. The van der Waals surface area contributed by atoms with E-state index in [-0.39, 0.29) is 49.5 Å². The van der Waals surface area contributed by atoms with Gasteiger partial charge >= 0.3 is 6.18 Å². The number of amides is 2. The summed E-state index contributed by atoms with van der Waals surface area (Å²) in [7, 11) is -3.92. The number of nitrogens with one attached hydrogen (secondary N) is 1. The average molecular weight is 596 g/mol. The maximum atomic E-state index is 13.6. The van der Waals surface area contributed by atoms with Gasteiger partial charge in [-0.1, -0.05) is 62.1 Å². The van der Waals surface area contributed by atoms with Crippen LogP contribution in [0.1, 0.15) is 75.0 Å². The smallest absolute Gasteiger partial charge is 0.352 e. The number of nitrogens with zero attached hydrogens (tertiary/aromatic N) is 2. The molecular weight excluding hydrogens is 555 g/mol. The van der Waals surface area contributed by atoms with Crippen LogP contribution in [0, 0.1) is 6.92 Å². The Morgan fingerprint density at radius 1 is 1.05 bits per heavy atom. The first kappa shape index (κ1) is 32.4. The summed E-state index contributed by atoms with van der Waals surface area (Å²) in [6, 6.07) is 11.2. The number of carbonyl (C=O) groups excluding carboxylic acids is 2. The fraction of sp³-hybridized carbons (Fsp3) is 0.533. The third-order valence-corrected chi connectivity index (χ3v) is 8.62. The lowest BCUT2D eigenvalue weighted by atomic mass is 9.95. The van der Waals surface area contributed by atoms with E-state index in [1.54, 1.807) is 0 Å². The van der Waals surface area contributed by atoms with E-state index >= 15 is 0 Å². The Hall–Kier alpha value is -3.08. The largest absolute Gasteiger partial charge is 0.416 e. The topological polar surface area (TPSA) is 86.8 Å². The maximum absolute atomic E-state index is 13.6. The van der Waals surface area contributed by atoms with Crippen LogP contribution >= 0.6 is 0 Å². The minimum Gasteiger partial charge on any atom is -0.352 e. The van der Waals surface area contributed by atoms with Crippen LogP contribution in [0.4, 0.5) is 18.9 Å². The Kier molecular flexibility index (Phi) is 11.2. The van der Waals surface area contributed by atoms with Gasteiger partial charge in [0.15, 0.2) is 0 Å². The summed E-state index contributed by atoms with van der Waals surface area (Å²) in [5.74, 6) is -0.532. The molecular formula is C30H40F3N3O4S. The van der Waals surface area contributed by atoms with Crippen molar-refractivity contribution in [1.82, 2.24) is 10.2 Å². The zero-order valence-electron chi connectivity index (χ0n) is 23.9. The van der Waals surface area contributed by atoms with Gasteiger partial charge in [-0.05, 0) is 56.4 Å². The highest BCUT2D eigenvalue weighted by molar-refractivity contribution is 7.92. The molecule has 0 aromatic heterocycles. The molecule has 0 unspecified atom stereocenters. The SMILES string of the molecule is CC[C@@H](C(=O)NC1CCCCC1)N(Cc1ccc(C)cc1)C(=O)CCCN(c1cccc(C(F)(F)F)c1)S(C)(=O)=O. The molecule has 3 rings (SSSR count). The summed E-state index contributed by atoms with van der Waals surface area (Å²) in [6.45, 7) is 3.82. The van der Waals surface area contributed by atoms with Gasteiger partial charge < -0.3 is 10.2 Å². The summed E-state index contributed by atoms with van der Waals surface area (Å²) in [5, 5.41) is 3.12. The molecule has 1 fully saturated rings. The molecule has 1 saturated carbocycles. The lowest BCUT2D eigenvalue weighted by Gasteiger charge is -2.33. The van der Waals surface area contributed by atoms with Crippen LogP contribution in [0.5, 0.6) is 0 Å². The van der Waals surface area contributed by atoms with Crippen molar-refractivity contribution in [3.8, 4) is 0 Å². The number of rotatable bonds is 12. The minimum atomic E-state index is -4.63. The molecule has 11 heteroatoms. The van der Waals surface area contributed by atoms with Gasteiger partial charge in [0.05, 0.1) is 17.5 Å². The zero-order valence-corrected chi connectivity index (χ0v) is 24.7. The van der Waals surface area contributed by atoms with Crippen molar-refractivity contribution in [1.29, 1.82) is 0 Å². The number of sulfonamides is 1. The normalized spacial score (nSPS) is 15.3. The molecule has 0 saturated heterocycles. The van der Waals surface area contributed by atoms with Crippen LogP contribution in [-0.2, 0) is 32.3 Å². The molecule has 0 radical (unpaired) electrons. The van der Waals surface area contributed by atoms with Gasteiger partial charge in [0.1, 0.15) is 6.04 Å². The van der Waals surface area contributed by atoms with E-state index in [0.29, 0.717) is 6.42 Å². The second kappa shape index (κ2) is 14.2. The van der Waals surface area contributed by atoms with E-state index in [4.69, 9.17) is 0 Å². The second-order valence-corrected chi connectivity index (χ2v) is 12.7. The molecule has 2 aromatic carbocycles. The van der Waals surface area contributed by atoms with E-state index in [0.717, 1.165) is 72.0 Å². The molecule has 0 spiro atoms. The van der Waals surface area contributed by atoms with Crippen LogP contribution in [0.3, 0.4) is 0 Å². The van der Waals surface area contributed by atoms with Crippen molar-refractivity contribution in [3.05, 3.63) is 65.2 Å². The lowest BCUT2D eigenvalue weighted by molar-refractivity contribution is -0.141. The van der Waals surface area contributed by atoms with Gasteiger partial charge in [-0.3, -0.25) is 13.9 Å².